The summed E-state index contributed by atoms with van der Waals surface area (Å²) in [6.45, 7) is 5.69. The minimum atomic E-state index is -3.76. The topological polar surface area (TPSA) is 84.5 Å². The summed E-state index contributed by atoms with van der Waals surface area (Å²) < 4.78 is 32.9. The molecular weight excluding hydrogens is 400 g/mol. The number of hydrogen-bond donors (Lipinski definition) is 2. The first-order valence-electron chi connectivity index (χ1n) is 9.35. The summed E-state index contributed by atoms with van der Waals surface area (Å²) in [6.07, 6.45) is 0. The molecule has 0 aliphatic carbocycles. The Hall–Kier alpha value is -3.32. The molecule has 0 atom stereocenters. The average Bonchev–Trinajstić information content (AvgIpc) is 2.68. The number of carbonyl (C=O) groups excluding carboxylic acids is 1. The molecule has 7 heteroatoms. The Morgan fingerprint density at radius 1 is 0.867 bits per heavy atom. The van der Waals surface area contributed by atoms with Crippen molar-refractivity contribution in [1.82, 2.24) is 0 Å². The molecule has 0 saturated heterocycles. The van der Waals surface area contributed by atoms with Gasteiger partial charge in [0.25, 0.3) is 15.9 Å². The standard InChI is InChI=1S/C23H24N2O4S/c1-15-11-16(2)13-19(12-15)24-23(26)18-5-10-22(17(3)14-18)25-30(27,28)21-8-6-20(29-4)7-9-21/h5-14,25H,1-4H3,(H,24,26). The van der Waals surface area contributed by atoms with Crippen molar-refractivity contribution in [1.29, 1.82) is 0 Å². The summed E-state index contributed by atoms with van der Waals surface area (Å²) in [6, 6.07) is 16.8. The van der Waals surface area contributed by atoms with Gasteiger partial charge in [-0.15, -0.1) is 0 Å². The first kappa shape index (κ1) is 21.4. The smallest absolute Gasteiger partial charge is 0.261 e. The number of methoxy groups -OCH3 is 1. The van der Waals surface area contributed by atoms with E-state index in [9.17, 15) is 13.2 Å². The summed E-state index contributed by atoms with van der Waals surface area (Å²) in [5, 5.41) is 2.88. The molecule has 156 valence electrons. The third-order valence-corrected chi connectivity index (χ3v) is 5.96. The lowest BCUT2D eigenvalue weighted by molar-refractivity contribution is 0.102. The second-order valence-corrected chi connectivity index (χ2v) is 8.82. The van der Waals surface area contributed by atoms with Gasteiger partial charge >= 0.3 is 0 Å². The largest absolute Gasteiger partial charge is 0.497 e. The Morgan fingerprint density at radius 3 is 2.07 bits per heavy atom. The highest BCUT2D eigenvalue weighted by molar-refractivity contribution is 7.92. The summed E-state index contributed by atoms with van der Waals surface area (Å²) in [4.78, 5) is 12.7. The fraction of sp³-hybridized carbons (Fsp3) is 0.174. The first-order chi connectivity index (χ1) is 14.2. The lowest BCUT2D eigenvalue weighted by Crippen LogP contribution is -2.15. The maximum absolute atomic E-state index is 12.6. The van der Waals surface area contributed by atoms with Gasteiger partial charge in [-0.25, -0.2) is 8.42 Å². The molecule has 0 unspecified atom stereocenters. The molecule has 3 rings (SSSR count). The maximum Gasteiger partial charge on any atom is 0.261 e. The van der Waals surface area contributed by atoms with Crippen molar-refractivity contribution in [3.63, 3.8) is 0 Å². The number of benzene rings is 3. The third-order valence-electron chi connectivity index (χ3n) is 4.58. The Kier molecular flexibility index (Phi) is 6.12. The Morgan fingerprint density at radius 2 is 1.50 bits per heavy atom. The van der Waals surface area contributed by atoms with Crippen LogP contribution in [0.5, 0.6) is 5.75 Å². The van der Waals surface area contributed by atoms with E-state index in [-0.39, 0.29) is 10.8 Å². The van der Waals surface area contributed by atoms with E-state index in [2.05, 4.69) is 10.0 Å². The van der Waals surface area contributed by atoms with E-state index in [1.807, 2.05) is 32.0 Å². The zero-order valence-corrected chi connectivity index (χ0v) is 18.1. The number of amides is 1. The van der Waals surface area contributed by atoms with Gasteiger partial charge in [0.05, 0.1) is 17.7 Å². The molecule has 0 spiro atoms. The van der Waals surface area contributed by atoms with Gasteiger partial charge in [0.2, 0.25) is 0 Å². The Balaban J connectivity index is 1.78. The molecule has 0 heterocycles. The molecule has 2 N–H and O–H groups in total. The molecule has 0 aliphatic rings. The second-order valence-electron chi connectivity index (χ2n) is 7.14. The minimum absolute atomic E-state index is 0.124. The molecule has 3 aromatic carbocycles. The van der Waals surface area contributed by atoms with Gasteiger partial charge < -0.3 is 10.1 Å². The van der Waals surface area contributed by atoms with E-state index in [0.717, 1.165) is 16.8 Å². The van der Waals surface area contributed by atoms with Crippen LogP contribution < -0.4 is 14.8 Å². The highest BCUT2D eigenvalue weighted by Gasteiger charge is 2.16. The zero-order chi connectivity index (χ0) is 21.9. The molecule has 0 aliphatic heterocycles. The predicted octanol–water partition coefficient (Wildman–Crippen LogP) is 4.67. The van der Waals surface area contributed by atoms with Crippen LogP contribution in [0, 0.1) is 20.8 Å². The second kappa shape index (κ2) is 8.59. The fourth-order valence-electron chi connectivity index (χ4n) is 3.13. The van der Waals surface area contributed by atoms with Crippen molar-refractivity contribution in [3.05, 3.63) is 82.9 Å². The van der Waals surface area contributed by atoms with Gasteiger partial charge in [0.1, 0.15) is 5.75 Å². The van der Waals surface area contributed by atoms with Crippen molar-refractivity contribution < 1.29 is 17.9 Å². The number of aryl methyl sites for hydroxylation is 3. The number of carbonyl (C=O) groups is 1. The predicted molar refractivity (Wildman–Crippen MR) is 119 cm³/mol. The summed E-state index contributed by atoms with van der Waals surface area (Å²) >= 11 is 0. The first-order valence-corrected chi connectivity index (χ1v) is 10.8. The number of sulfonamides is 1. The third kappa shape index (κ3) is 4.99. The molecule has 1 amide bonds. The van der Waals surface area contributed by atoms with E-state index >= 15 is 0 Å². The molecule has 3 aromatic rings. The molecule has 0 saturated carbocycles. The van der Waals surface area contributed by atoms with Crippen LogP contribution in [0.25, 0.3) is 0 Å². The van der Waals surface area contributed by atoms with Crippen molar-refractivity contribution in [2.75, 3.05) is 17.1 Å². The normalized spacial score (nSPS) is 11.1. The molecule has 0 radical (unpaired) electrons. The van der Waals surface area contributed by atoms with E-state index in [1.165, 1.54) is 19.2 Å². The van der Waals surface area contributed by atoms with Gasteiger partial charge in [-0.2, -0.15) is 0 Å². The molecular formula is C23H24N2O4S. The molecule has 0 aromatic heterocycles. The number of anilines is 2. The van der Waals surface area contributed by atoms with Crippen LogP contribution in [-0.2, 0) is 10.0 Å². The van der Waals surface area contributed by atoms with Crippen molar-refractivity contribution >= 4 is 27.3 Å². The van der Waals surface area contributed by atoms with Crippen LogP contribution in [0.4, 0.5) is 11.4 Å². The lowest BCUT2D eigenvalue weighted by Gasteiger charge is -2.13. The van der Waals surface area contributed by atoms with Gasteiger partial charge in [0, 0.05) is 11.3 Å². The van der Waals surface area contributed by atoms with Gasteiger partial charge in [-0.1, -0.05) is 6.07 Å². The van der Waals surface area contributed by atoms with Crippen LogP contribution in [-0.4, -0.2) is 21.4 Å². The van der Waals surface area contributed by atoms with E-state index in [4.69, 9.17) is 4.74 Å². The zero-order valence-electron chi connectivity index (χ0n) is 17.3. The molecule has 6 nitrogen and oxygen atoms in total. The summed E-state index contributed by atoms with van der Waals surface area (Å²) in [5.41, 5.74) is 4.34. The number of ether oxygens (including phenoxy) is 1. The molecule has 30 heavy (non-hydrogen) atoms. The lowest BCUT2D eigenvalue weighted by atomic mass is 10.1. The number of hydrogen-bond acceptors (Lipinski definition) is 4. The van der Waals surface area contributed by atoms with Crippen LogP contribution >= 0.6 is 0 Å². The summed E-state index contributed by atoms with van der Waals surface area (Å²) in [5.74, 6) is 0.317. The van der Waals surface area contributed by atoms with E-state index in [0.29, 0.717) is 22.6 Å². The Labute approximate surface area is 177 Å². The van der Waals surface area contributed by atoms with Gasteiger partial charge in [-0.3, -0.25) is 9.52 Å². The Bertz CT molecular complexity index is 1170. The van der Waals surface area contributed by atoms with Crippen LogP contribution in [0.15, 0.2) is 65.6 Å². The van der Waals surface area contributed by atoms with Gasteiger partial charge in [0.15, 0.2) is 0 Å². The highest BCUT2D eigenvalue weighted by atomic mass is 32.2. The maximum atomic E-state index is 12.6. The SMILES string of the molecule is COc1ccc(S(=O)(=O)Nc2ccc(C(=O)Nc3cc(C)cc(C)c3)cc2C)cc1. The average molecular weight is 425 g/mol. The van der Waals surface area contributed by atoms with Crippen molar-refractivity contribution in [2.24, 2.45) is 0 Å². The van der Waals surface area contributed by atoms with Crippen LogP contribution in [0.2, 0.25) is 0 Å². The van der Waals surface area contributed by atoms with Gasteiger partial charge in [-0.05, 0) is 92.1 Å². The number of rotatable bonds is 6. The molecule has 0 bridgehead atoms. The quantitative estimate of drug-likeness (QED) is 0.602. The van der Waals surface area contributed by atoms with Crippen LogP contribution in [0.3, 0.4) is 0 Å². The monoisotopic (exact) mass is 424 g/mol. The minimum Gasteiger partial charge on any atom is -0.497 e. The van der Waals surface area contributed by atoms with Crippen molar-refractivity contribution in [3.8, 4) is 5.75 Å². The highest BCUT2D eigenvalue weighted by Crippen LogP contribution is 2.23. The number of nitrogens with one attached hydrogen (secondary N) is 2. The fourth-order valence-corrected chi connectivity index (χ4v) is 4.26. The van der Waals surface area contributed by atoms with E-state index < -0.39 is 10.0 Å². The van der Waals surface area contributed by atoms with E-state index in [1.54, 1.807) is 37.3 Å². The summed E-state index contributed by atoms with van der Waals surface area (Å²) in [7, 11) is -2.24. The molecule has 0 fully saturated rings. The van der Waals surface area contributed by atoms with Crippen molar-refractivity contribution in [2.45, 2.75) is 25.7 Å². The van der Waals surface area contributed by atoms with Crippen LogP contribution in [0.1, 0.15) is 27.0 Å².